The fraction of sp³-hybridized carbons (Fsp3) is 0.222. The molecule has 8 heteroatoms. The van der Waals surface area contributed by atoms with E-state index in [9.17, 15) is 9.59 Å². The highest BCUT2D eigenvalue weighted by atomic mass is 16.5. The number of alkyl carbamates (subject to hydrolysis) is 1. The van der Waals surface area contributed by atoms with E-state index in [1.54, 1.807) is 16.7 Å². The maximum atomic E-state index is 12.0. The molecule has 134 valence electrons. The minimum atomic E-state index is -0.502. The van der Waals surface area contributed by atoms with Gasteiger partial charge in [-0.2, -0.15) is 0 Å². The highest BCUT2D eigenvalue weighted by Gasteiger charge is 2.09. The number of amides is 2. The number of hydrogen-bond acceptors (Lipinski definition) is 5. The smallest absolute Gasteiger partial charge is 0.407 e. The number of ether oxygens (including phenoxy) is 1. The van der Waals surface area contributed by atoms with Crippen molar-refractivity contribution in [2.24, 2.45) is 0 Å². The van der Waals surface area contributed by atoms with E-state index in [4.69, 9.17) is 4.74 Å². The van der Waals surface area contributed by atoms with Crippen molar-refractivity contribution < 1.29 is 14.3 Å². The summed E-state index contributed by atoms with van der Waals surface area (Å²) in [6.45, 7) is 0.564. The molecular weight excluding hydrogens is 334 g/mol. The van der Waals surface area contributed by atoms with E-state index in [1.807, 2.05) is 42.5 Å². The lowest BCUT2D eigenvalue weighted by molar-refractivity contribution is -0.116. The molecule has 0 fully saturated rings. The van der Waals surface area contributed by atoms with Gasteiger partial charge in [0.15, 0.2) is 5.65 Å². The number of carbonyl (C=O) groups excluding carboxylic acids is 2. The summed E-state index contributed by atoms with van der Waals surface area (Å²) >= 11 is 0. The summed E-state index contributed by atoms with van der Waals surface area (Å²) in [4.78, 5) is 23.6. The van der Waals surface area contributed by atoms with Crippen LogP contribution in [0.2, 0.25) is 0 Å². The van der Waals surface area contributed by atoms with Crippen molar-refractivity contribution in [2.75, 3.05) is 11.9 Å². The summed E-state index contributed by atoms with van der Waals surface area (Å²) in [5.41, 5.74) is 1.58. The van der Waals surface area contributed by atoms with Gasteiger partial charge < -0.3 is 10.1 Å². The Morgan fingerprint density at radius 3 is 2.69 bits per heavy atom. The molecule has 0 saturated heterocycles. The number of nitrogens with one attached hydrogen (secondary N) is 2. The summed E-state index contributed by atoms with van der Waals surface area (Å²) in [6, 6.07) is 14.9. The molecule has 1 aromatic carbocycles. The third-order valence-electron chi connectivity index (χ3n) is 3.63. The highest BCUT2D eigenvalue weighted by Crippen LogP contribution is 2.08. The Morgan fingerprint density at radius 2 is 1.85 bits per heavy atom. The third kappa shape index (κ3) is 4.79. The highest BCUT2D eigenvalue weighted by molar-refractivity contribution is 5.89. The van der Waals surface area contributed by atoms with E-state index in [0.29, 0.717) is 24.6 Å². The molecule has 0 aliphatic rings. The quantitative estimate of drug-likeness (QED) is 0.636. The predicted molar refractivity (Wildman–Crippen MR) is 95.5 cm³/mol. The Hall–Kier alpha value is -3.42. The topological polar surface area (TPSA) is 97.6 Å². The first-order valence-electron chi connectivity index (χ1n) is 8.26. The van der Waals surface area contributed by atoms with Gasteiger partial charge in [0.05, 0.1) is 0 Å². The van der Waals surface area contributed by atoms with Gasteiger partial charge in [-0.25, -0.2) is 4.79 Å². The van der Waals surface area contributed by atoms with Gasteiger partial charge >= 0.3 is 6.09 Å². The summed E-state index contributed by atoms with van der Waals surface area (Å²) in [7, 11) is 0. The second kappa shape index (κ2) is 8.61. The first-order chi connectivity index (χ1) is 12.7. The monoisotopic (exact) mass is 353 g/mol. The number of nitrogens with zero attached hydrogens (tertiary/aromatic N) is 3. The molecule has 0 radical (unpaired) electrons. The number of aromatic nitrogens is 3. The summed E-state index contributed by atoms with van der Waals surface area (Å²) < 4.78 is 6.79. The van der Waals surface area contributed by atoms with Crippen LogP contribution in [0.3, 0.4) is 0 Å². The van der Waals surface area contributed by atoms with Crippen LogP contribution < -0.4 is 10.6 Å². The van der Waals surface area contributed by atoms with E-state index in [2.05, 4.69) is 20.8 Å². The van der Waals surface area contributed by atoms with Crippen LogP contribution in [0, 0.1) is 0 Å². The van der Waals surface area contributed by atoms with E-state index < -0.39 is 6.09 Å². The molecule has 8 nitrogen and oxygen atoms in total. The van der Waals surface area contributed by atoms with Crippen molar-refractivity contribution in [1.29, 1.82) is 0 Å². The van der Waals surface area contributed by atoms with Crippen molar-refractivity contribution in [1.82, 2.24) is 19.9 Å². The summed E-state index contributed by atoms with van der Waals surface area (Å²) in [5.74, 6) is 0.184. The SMILES string of the molecule is O=C(CCCNC(=O)OCc1ccccc1)Nc1nnc2ccccn12. The largest absolute Gasteiger partial charge is 0.445 e. The summed E-state index contributed by atoms with van der Waals surface area (Å²) in [6.07, 6.45) is 2.01. The Morgan fingerprint density at radius 1 is 1.04 bits per heavy atom. The fourth-order valence-electron chi connectivity index (χ4n) is 2.33. The lowest BCUT2D eigenvalue weighted by atomic mass is 10.2. The van der Waals surface area contributed by atoms with Gasteiger partial charge in [0.1, 0.15) is 6.61 Å². The van der Waals surface area contributed by atoms with E-state index in [0.717, 1.165) is 5.56 Å². The number of fused-ring (bicyclic) bond motifs is 1. The number of benzene rings is 1. The van der Waals surface area contributed by atoms with Gasteiger partial charge in [-0.3, -0.25) is 14.5 Å². The molecule has 2 amide bonds. The molecule has 3 aromatic rings. The van der Waals surface area contributed by atoms with Gasteiger partial charge in [-0.15, -0.1) is 10.2 Å². The number of rotatable bonds is 7. The van der Waals surface area contributed by atoms with Crippen LogP contribution in [-0.2, 0) is 16.1 Å². The van der Waals surface area contributed by atoms with E-state index in [1.165, 1.54) is 0 Å². The minimum absolute atomic E-state index is 0.192. The van der Waals surface area contributed by atoms with Crippen molar-refractivity contribution in [3.63, 3.8) is 0 Å². The average Bonchev–Trinajstić information content (AvgIpc) is 3.07. The first-order valence-corrected chi connectivity index (χ1v) is 8.26. The molecule has 0 bridgehead atoms. The van der Waals surface area contributed by atoms with Crippen LogP contribution in [-0.4, -0.2) is 33.1 Å². The minimum Gasteiger partial charge on any atom is -0.445 e. The van der Waals surface area contributed by atoms with Gasteiger partial charge in [0.2, 0.25) is 11.9 Å². The second-order valence-electron chi connectivity index (χ2n) is 5.59. The van der Waals surface area contributed by atoms with Gasteiger partial charge in [0, 0.05) is 19.2 Å². The number of carbonyl (C=O) groups is 2. The molecule has 3 rings (SSSR count). The normalized spacial score (nSPS) is 10.5. The lowest BCUT2D eigenvalue weighted by Gasteiger charge is -2.07. The number of pyridine rings is 1. The Bertz CT molecular complexity index is 879. The van der Waals surface area contributed by atoms with Crippen molar-refractivity contribution in [3.05, 3.63) is 60.3 Å². The Labute approximate surface area is 150 Å². The van der Waals surface area contributed by atoms with Gasteiger partial charge in [0.25, 0.3) is 0 Å². The Balaban J connectivity index is 1.34. The fourth-order valence-corrected chi connectivity index (χ4v) is 2.33. The zero-order chi connectivity index (χ0) is 18.2. The predicted octanol–water partition coefficient (Wildman–Crippen LogP) is 2.37. The van der Waals surface area contributed by atoms with Gasteiger partial charge in [-0.1, -0.05) is 36.4 Å². The zero-order valence-corrected chi connectivity index (χ0v) is 14.1. The molecule has 2 N–H and O–H groups in total. The van der Waals surface area contributed by atoms with Crippen LogP contribution in [0.15, 0.2) is 54.7 Å². The molecule has 0 atom stereocenters. The maximum Gasteiger partial charge on any atom is 0.407 e. The van der Waals surface area contributed by atoms with Gasteiger partial charge in [-0.05, 0) is 24.1 Å². The van der Waals surface area contributed by atoms with Crippen LogP contribution in [0.5, 0.6) is 0 Å². The van der Waals surface area contributed by atoms with Crippen LogP contribution >= 0.6 is 0 Å². The van der Waals surface area contributed by atoms with Crippen LogP contribution in [0.4, 0.5) is 10.7 Å². The third-order valence-corrected chi connectivity index (χ3v) is 3.63. The molecule has 2 heterocycles. The van der Waals surface area contributed by atoms with Crippen LogP contribution in [0.1, 0.15) is 18.4 Å². The lowest BCUT2D eigenvalue weighted by Crippen LogP contribution is -2.26. The standard InChI is InChI=1S/C18H19N5O3/c24-16(20-17-22-21-15-9-4-5-12-23(15)17)10-6-11-19-18(25)26-13-14-7-2-1-3-8-14/h1-5,7-9,12H,6,10-11,13H2,(H,19,25)(H,20,22,24). The zero-order valence-electron chi connectivity index (χ0n) is 14.1. The molecule has 0 spiro atoms. The molecule has 2 aromatic heterocycles. The van der Waals surface area contributed by atoms with Crippen molar-refractivity contribution in [3.8, 4) is 0 Å². The second-order valence-corrected chi connectivity index (χ2v) is 5.59. The van der Waals surface area contributed by atoms with Crippen LogP contribution in [0.25, 0.3) is 5.65 Å². The maximum absolute atomic E-state index is 12.0. The molecule has 26 heavy (non-hydrogen) atoms. The molecular formula is C18H19N5O3. The Kier molecular flexibility index (Phi) is 5.76. The average molecular weight is 353 g/mol. The van der Waals surface area contributed by atoms with E-state index >= 15 is 0 Å². The summed E-state index contributed by atoms with van der Waals surface area (Å²) in [5, 5.41) is 13.2. The molecule has 0 saturated carbocycles. The van der Waals surface area contributed by atoms with Crippen molar-refractivity contribution >= 4 is 23.6 Å². The number of hydrogen-bond donors (Lipinski definition) is 2. The van der Waals surface area contributed by atoms with Crippen molar-refractivity contribution in [2.45, 2.75) is 19.4 Å². The number of anilines is 1. The first kappa shape index (κ1) is 17.4. The molecule has 0 aliphatic carbocycles. The molecule has 0 aliphatic heterocycles. The molecule has 0 unspecified atom stereocenters. The van der Waals surface area contributed by atoms with E-state index in [-0.39, 0.29) is 18.9 Å².